The summed E-state index contributed by atoms with van der Waals surface area (Å²) in [6.07, 6.45) is 2.61. The van der Waals surface area contributed by atoms with Gasteiger partial charge in [-0.15, -0.1) is 0 Å². The van der Waals surface area contributed by atoms with E-state index >= 15 is 0 Å². The quantitative estimate of drug-likeness (QED) is 0.776. The van der Waals surface area contributed by atoms with E-state index in [1.165, 1.54) is 0 Å². The van der Waals surface area contributed by atoms with Crippen LogP contribution in [0.2, 0.25) is 0 Å². The number of benzene rings is 1. The van der Waals surface area contributed by atoms with Gasteiger partial charge in [-0.3, -0.25) is 0 Å². The molecule has 2 N–H and O–H groups in total. The summed E-state index contributed by atoms with van der Waals surface area (Å²) in [5.74, 6) is -0.781. The molecule has 3 heteroatoms. The third-order valence-corrected chi connectivity index (χ3v) is 2.62. The van der Waals surface area contributed by atoms with E-state index in [0.717, 1.165) is 24.1 Å². The van der Waals surface area contributed by atoms with Gasteiger partial charge >= 0.3 is 5.97 Å². The molecule has 1 atom stereocenters. The van der Waals surface area contributed by atoms with Crippen molar-refractivity contribution in [3.05, 3.63) is 29.8 Å². The lowest BCUT2D eigenvalue weighted by Crippen LogP contribution is -2.29. The second kappa shape index (κ2) is 6.16. The van der Waals surface area contributed by atoms with Gasteiger partial charge in [-0.2, -0.15) is 0 Å². The van der Waals surface area contributed by atoms with Crippen LogP contribution < -0.4 is 5.32 Å². The Bertz CT molecular complexity index is 350. The van der Waals surface area contributed by atoms with Gasteiger partial charge in [-0.1, -0.05) is 38.0 Å². The Labute approximate surface area is 96.5 Å². The first-order valence-corrected chi connectivity index (χ1v) is 5.70. The van der Waals surface area contributed by atoms with Gasteiger partial charge in [0.05, 0.1) is 0 Å². The van der Waals surface area contributed by atoms with Crippen molar-refractivity contribution in [1.82, 2.24) is 0 Å². The summed E-state index contributed by atoms with van der Waals surface area (Å²) in [4.78, 5) is 11.1. The Morgan fingerprint density at radius 2 is 2.12 bits per heavy atom. The van der Waals surface area contributed by atoms with Crippen molar-refractivity contribution in [1.29, 1.82) is 0 Å². The minimum absolute atomic E-state index is 0.485. The standard InChI is InChI=1S/C13H19NO2/c1-3-4-8-12(13(15)16)14-11-9-6-5-7-10(11)2/h5-7,9,12,14H,3-4,8H2,1-2H3,(H,15,16). The first-order valence-electron chi connectivity index (χ1n) is 5.70. The van der Waals surface area contributed by atoms with Crippen LogP contribution in [0.15, 0.2) is 24.3 Å². The topological polar surface area (TPSA) is 49.3 Å². The fourth-order valence-electron chi connectivity index (χ4n) is 1.59. The van der Waals surface area contributed by atoms with Crippen LogP contribution >= 0.6 is 0 Å². The van der Waals surface area contributed by atoms with E-state index in [2.05, 4.69) is 12.2 Å². The SMILES string of the molecule is CCCCC(Nc1ccccc1C)C(=O)O. The van der Waals surface area contributed by atoms with Crippen molar-refractivity contribution in [3.63, 3.8) is 0 Å². The van der Waals surface area contributed by atoms with Crippen LogP contribution in [0.1, 0.15) is 31.7 Å². The number of anilines is 1. The molecule has 0 spiro atoms. The molecule has 0 aliphatic heterocycles. The number of hydrogen-bond acceptors (Lipinski definition) is 2. The Balaban J connectivity index is 2.68. The minimum Gasteiger partial charge on any atom is -0.480 e. The largest absolute Gasteiger partial charge is 0.480 e. The molecule has 16 heavy (non-hydrogen) atoms. The summed E-state index contributed by atoms with van der Waals surface area (Å²) in [6.45, 7) is 4.04. The predicted molar refractivity (Wildman–Crippen MR) is 65.8 cm³/mol. The number of carboxylic acids is 1. The van der Waals surface area contributed by atoms with E-state index in [9.17, 15) is 4.79 Å². The Hall–Kier alpha value is -1.51. The number of para-hydroxylation sites is 1. The van der Waals surface area contributed by atoms with Gasteiger partial charge in [0.2, 0.25) is 0 Å². The van der Waals surface area contributed by atoms with Crippen LogP contribution in [-0.4, -0.2) is 17.1 Å². The average molecular weight is 221 g/mol. The number of hydrogen-bond donors (Lipinski definition) is 2. The summed E-state index contributed by atoms with van der Waals surface area (Å²) in [7, 11) is 0. The zero-order valence-corrected chi connectivity index (χ0v) is 9.86. The van der Waals surface area contributed by atoms with Crippen molar-refractivity contribution >= 4 is 11.7 Å². The van der Waals surface area contributed by atoms with Crippen LogP contribution in [0.4, 0.5) is 5.69 Å². The van der Waals surface area contributed by atoms with Crippen molar-refractivity contribution < 1.29 is 9.90 Å². The molecule has 1 unspecified atom stereocenters. The second-order valence-electron chi connectivity index (χ2n) is 3.99. The molecular weight excluding hydrogens is 202 g/mol. The summed E-state index contributed by atoms with van der Waals surface area (Å²) in [6, 6.07) is 7.26. The van der Waals surface area contributed by atoms with Crippen LogP contribution in [0.5, 0.6) is 0 Å². The fraction of sp³-hybridized carbons (Fsp3) is 0.462. The number of carboxylic acid groups (broad SMARTS) is 1. The number of nitrogens with one attached hydrogen (secondary N) is 1. The second-order valence-corrected chi connectivity index (χ2v) is 3.99. The van der Waals surface area contributed by atoms with Gasteiger partial charge in [-0.05, 0) is 25.0 Å². The molecule has 3 nitrogen and oxygen atoms in total. The lowest BCUT2D eigenvalue weighted by Gasteiger charge is -2.16. The third-order valence-electron chi connectivity index (χ3n) is 2.62. The highest BCUT2D eigenvalue weighted by atomic mass is 16.4. The maximum atomic E-state index is 11.1. The number of aliphatic carboxylic acids is 1. The molecular formula is C13H19NO2. The van der Waals surface area contributed by atoms with E-state index < -0.39 is 12.0 Å². The molecule has 0 fully saturated rings. The molecule has 0 aliphatic rings. The molecule has 0 heterocycles. The highest BCUT2D eigenvalue weighted by Crippen LogP contribution is 2.16. The summed E-state index contributed by atoms with van der Waals surface area (Å²) < 4.78 is 0. The number of rotatable bonds is 6. The molecule has 0 saturated carbocycles. The normalized spacial score (nSPS) is 12.1. The van der Waals surface area contributed by atoms with E-state index in [1.54, 1.807) is 0 Å². The summed E-state index contributed by atoms with van der Waals surface area (Å²) >= 11 is 0. The molecule has 1 rings (SSSR count). The van der Waals surface area contributed by atoms with Crippen molar-refractivity contribution in [2.75, 3.05) is 5.32 Å². The van der Waals surface area contributed by atoms with Crippen molar-refractivity contribution in [2.45, 2.75) is 39.2 Å². The van der Waals surface area contributed by atoms with Gasteiger partial charge in [0, 0.05) is 5.69 Å². The number of unbranched alkanes of at least 4 members (excludes halogenated alkanes) is 1. The lowest BCUT2D eigenvalue weighted by molar-refractivity contribution is -0.138. The van der Waals surface area contributed by atoms with Gasteiger partial charge in [0.15, 0.2) is 0 Å². The Morgan fingerprint density at radius 3 is 2.69 bits per heavy atom. The summed E-state index contributed by atoms with van der Waals surface area (Å²) in [5.41, 5.74) is 1.98. The van der Waals surface area contributed by atoms with Crippen LogP contribution in [0.25, 0.3) is 0 Å². The number of carbonyl (C=O) groups is 1. The summed E-state index contributed by atoms with van der Waals surface area (Å²) in [5, 5.41) is 12.2. The molecule has 0 aliphatic carbocycles. The molecule has 1 aromatic rings. The first kappa shape index (κ1) is 12.6. The Kier molecular flexibility index (Phi) is 4.83. The van der Waals surface area contributed by atoms with Gasteiger partial charge < -0.3 is 10.4 Å². The van der Waals surface area contributed by atoms with Gasteiger partial charge in [0.25, 0.3) is 0 Å². The van der Waals surface area contributed by atoms with E-state index in [1.807, 2.05) is 31.2 Å². The fourth-order valence-corrected chi connectivity index (χ4v) is 1.59. The lowest BCUT2D eigenvalue weighted by atomic mass is 10.1. The predicted octanol–water partition coefficient (Wildman–Crippen LogP) is 3.05. The maximum Gasteiger partial charge on any atom is 0.326 e. The van der Waals surface area contributed by atoms with Crippen LogP contribution in [0.3, 0.4) is 0 Å². The molecule has 0 saturated heterocycles. The van der Waals surface area contributed by atoms with Crippen molar-refractivity contribution in [3.8, 4) is 0 Å². The average Bonchev–Trinajstić information content (AvgIpc) is 2.26. The Morgan fingerprint density at radius 1 is 1.44 bits per heavy atom. The van der Waals surface area contributed by atoms with E-state index in [-0.39, 0.29) is 0 Å². The molecule has 1 aromatic carbocycles. The maximum absolute atomic E-state index is 11.1. The van der Waals surface area contributed by atoms with Gasteiger partial charge in [0.1, 0.15) is 6.04 Å². The van der Waals surface area contributed by atoms with Crippen LogP contribution in [0, 0.1) is 6.92 Å². The zero-order valence-electron chi connectivity index (χ0n) is 9.86. The molecule has 0 aromatic heterocycles. The molecule has 0 amide bonds. The third kappa shape index (κ3) is 3.57. The van der Waals surface area contributed by atoms with Crippen LogP contribution in [-0.2, 0) is 4.79 Å². The molecule has 88 valence electrons. The highest BCUT2D eigenvalue weighted by Gasteiger charge is 2.16. The van der Waals surface area contributed by atoms with Crippen molar-refractivity contribution in [2.24, 2.45) is 0 Å². The highest BCUT2D eigenvalue weighted by molar-refractivity contribution is 5.77. The van der Waals surface area contributed by atoms with Gasteiger partial charge in [-0.25, -0.2) is 4.79 Å². The monoisotopic (exact) mass is 221 g/mol. The molecule has 0 radical (unpaired) electrons. The first-order chi connectivity index (χ1) is 7.65. The molecule has 0 bridgehead atoms. The van der Waals surface area contributed by atoms with E-state index in [0.29, 0.717) is 6.42 Å². The minimum atomic E-state index is -0.781. The smallest absolute Gasteiger partial charge is 0.326 e. The number of aryl methyl sites for hydroxylation is 1. The van der Waals surface area contributed by atoms with E-state index in [4.69, 9.17) is 5.11 Å². The zero-order chi connectivity index (χ0) is 12.0.